The Morgan fingerprint density at radius 2 is 2.40 bits per heavy atom. The molecule has 0 radical (unpaired) electrons. The lowest BCUT2D eigenvalue weighted by atomic mass is 9.91. The molecule has 0 unspecified atom stereocenters. The van der Waals surface area contributed by atoms with Gasteiger partial charge in [-0.05, 0) is 13.3 Å². The molecule has 5 nitrogen and oxygen atoms in total. The lowest BCUT2D eigenvalue weighted by Crippen LogP contribution is -2.16. The second kappa shape index (κ2) is 6.71. The van der Waals surface area contributed by atoms with E-state index in [0.717, 1.165) is 17.6 Å². The number of rotatable bonds is 6. The Bertz CT molecular complexity index is 561. The molecule has 0 N–H and O–H groups in total. The summed E-state index contributed by atoms with van der Waals surface area (Å²) in [5.41, 5.74) is 1.36. The number of aromatic nitrogens is 2. The first-order valence-electron chi connectivity index (χ1n) is 6.46. The minimum absolute atomic E-state index is 0.537. The van der Waals surface area contributed by atoms with Crippen LogP contribution < -0.4 is 0 Å². The van der Waals surface area contributed by atoms with Crippen molar-refractivity contribution >= 4 is 11.8 Å². The number of hydrazone groups is 1. The third-order valence-corrected chi connectivity index (χ3v) is 3.10. The Labute approximate surface area is 120 Å². The third kappa shape index (κ3) is 4.09. The van der Waals surface area contributed by atoms with Gasteiger partial charge in [-0.2, -0.15) is 15.5 Å². The van der Waals surface area contributed by atoms with E-state index in [4.69, 9.17) is 5.26 Å². The summed E-state index contributed by atoms with van der Waals surface area (Å²) in [6.45, 7) is 7.64. The SMILES string of the molecule is C=C/C(=C\N(C)/N=C\[C@@](C)(C#N)CC)c1cnn(C)c1. The van der Waals surface area contributed by atoms with Crippen molar-refractivity contribution < 1.29 is 0 Å². The van der Waals surface area contributed by atoms with Crippen LogP contribution in [0.2, 0.25) is 0 Å². The van der Waals surface area contributed by atoms with Gasteiger partial charge in [-0.25, -0.2) is 0 Å². The molecule has 0 amide bonds. The van der Waals surface area contributed by atoms with Gasteiger partial charge in [0.1, 0.15) is 0 Å². The lowest BCUT2D eigenvalue weighted by Gasteiger charge is -2.15. The molecular formula is C15H21N5. The van der Waals surface area contributed by atoms with Gasteiger partial charge in [0.15, 0.2) is 0 Å². The molecule has 1 rings (SSSR count). The fourth-order valence-electron chi connectivity index (χ4n) is 1.47. The summed E-state index contributed by atoms with van der Waals surface area (Å²) >= 11 is 0. The molecule has 5 heteroatoms. The van der Waals surface area contributed by atoms with Crippen LogP contribution in [-0.4, -0.2) is 28.1 Å². The average molecular weight is 271 g/mol. The van der Waals surface area contributed by atoms with E-state index in [2.05, 4.69) is 22.8 Å². The smallest absolute Gasteiger partial charge is 0.0911 e. The number of hydrogen-bond donors (Lipinski definition) is 0. The summed E-state index contributed by atoms with van der Waals surface area (Å²) < 4.78 is 1.74. The van der Waals surface area contributed by atoms with E-state index in [-0.39, 0.29) is 0 Å². The van der Waals surface area contributed by atoms with Crippen molar-refractivity contribution in [1.29, 1.82) is 5.26 Å². The van der Waals surface area contributed by atoms with Gasteiger partial charge in [0.2, 0.25) is 0 Å². The summed E-state index contributed by atoms with van der Waals surface area (Å²) in [5, 5.41) is 19.2. The molecule has 20 heavy (non-hydrogen) atoms. The van der Waals surface area contributed by atoms with Gasteiger partial charge < -0.3 is 0 Å². The Hall–Kier alpha value is -2.35. The molecule has 0 saturated heterocycles. The summed E-state index contributed by atoms with van der Waals surface area (Å²) in [4.78, 5) is 0. The zero-order chi connectivity index (χ0) is 15.2. The van der Waals surface area contributed by atoms with Crippen molar-refractivity contribution in [2.45, 2.75) is 20.3 Å². The zero-order valence-corrected chi connectivity index (χ0v) is 12.5. The molecule has 0 bridgehead atoms. The molecule has 0 aliphatic heterocycles. The van der Waals surface area contributed by atoms with Gasteiger partial charge in [-0.1, -0.05) is 19.6 Å². The maximum absolute atomic E-state index is 9.10. The van der Waals surface area contributed by atoms with Crippen LogP contribution in [0.4, 0.5) is 0 Å². The van der Waals surface area contributed by atoms with E-state index >= 15 is 0 Å². The Morgan fingerprint density at radius 3 is 2.85 bits per heavy atom. The molecule has 0 aromatic carbocycles. The van der Waals surface area contributed by atoms with Crippen LogP contribution >= 0.6 is 0 Å². The monoisotopic (exact) mass is 271 g/mol. The molecule has 0 fully saturated rings. The fourth-order valence-corrected chi connectivity index (χ4v) is 1.47. The number of aryl methyl sites for hydroxylation is 1. The van der Waals surface area contributed by atoms with Gasteiger partial charge in [-0.15, -0.1) is 0 Å². The first kappa shape index (κ1) is 15.7. The third-order valence-electron chi connectivity index (χ3n) is 3.10. The lowest BCUT2D eigenvalue weighted by molar-refractivity contribution is 0.480. The Morgan fingerprint density at radius 1 is 1.70 bits per heavy atom. The molecule has 1 heterocycles. The van der Waals surface area contributed by atoms with E-state index in [1.54, 1.807) is 28.2 Å². The van der Waals surface area contributed by atoms with Crippen LogP contribution in [0.5, 0.6) is 0 Å². The highest BCUT2D eigenvalue weighted by atomic mass is 15.4. The van der Waals surface area contributed by atoms with Gasteiger partial charge in [0.25, 0.3) is 0 Å². The van der Waals surface area contributed by atoms with E-state index in [0.29, 0.717) is 0 Å². The van der Waals surface area contributed by atoms with Crippen molar-refractivity contribution in [3.8, 4) is 6.07 Å². The molecule has 0 aliphatic rings. The maximum Gasteiger partial charge on any atom is 0.0911 e. The highest BCUT2D eigenvalue weighted by Gasteiger charge is 2.18. The Kier molecular flexibility index (Phi) is 5.27. The normalized spacial score (nSPS) is 14.8. The second-order valence-electron chi connectivity index (χ2n) is 4.89. The van der Waals surface area contributed by atoms with Crippen LogP contribution in [0.15, 0.2) is 36.4 Å². The van der Waals surface area contributed by atoms with Crippen LogP contribution in [0, 0.1) is 16.7 Å². The quantitative estimate of drug-likeness (QED) is 0.454. The average Bonchev–Trinajstić information content (AvgIpc) is 2.88. The molecule has 0 spiro atoms. The highest BCUT2D eigenvalue weighted by molar-refractivity contribution is 5.73. The van der Waals surface area contributed by atoms with Gasteiger partial charge >= 0.3 is 0 Å². The predicted octanol–water partition coefficient (Wildman–Crippen LogP) is 2.80. The molecule has 1 atom stereocenters. The van der Waals surface area contributed by atoms with Gasteiger partial charge in [-0.3, -0.25) is 9.69 Å². The minimum Gasteiger partial charge on any atom is -0.276 e. The molecule has 1 aromatic heterocycles. The first-order valence-corrected chi connectivity index (χ1v) is 6.46. The van der Waals surface area contributed by atoms with E-state index in [1.807, 2.05) is 40.3 Å². The van der Waals surface area contributed by atoms with Crippen molar-refractivity contribution in [1.82, 2.24) is 14.8 Å². The molecule has 0 aliphatic carbocycles. The summed E-state index contributed by atoms with van der Waals surface area (Å²) in [6.07, 6.45) is 9.70. The van der Waals surface area contributed by atoms with Crippen molar-refractivity contribution in [2.75, 3.05) is 7.05 Å². The highest BCUT2D eigenvalue weighted by Crippen LogP contribution is 2.18. The van der Waals surface area contributed by atoms with E-state index in [1.165, 1.54) is 0 Å². The second-order valence-corrected chi connectivity index (χ2v) is 4.89. The maximum atomic E-state index is 9.10. The molecule has 0 saturated carbocycles. The van der Waals surface area contributed by atoms with Crippen molar-refractivity contribution in [2.24, 2.45) is 17.6 Å². The largest absolute Gasteiger partial charge is 0.276 e. The van der Waals surface area contributed by atoms with E-state index < -0.39 is 5.41 Å². The van der Waals surface area contributed by atoms with Crippen molar-refractivity contribution in [3.05, 3.63) is 36.8 Å². The number of hydrogen-bond acceptors (Lipinski definition) is 4. The van der Waals surface area contributed by atoms with E-state index in [9.17, 15) is 0 Å². The standard InChI is InChI=1S/C15H21N5/c1-6-13(14-8-17-19(4)10-14)9-20(5)18-12-15(3,7-2)11-16/h6,8-10,12H,1,7H2,2-5H3/b13-9+,18-12-/t15-/m1/s1. The van der Waals surface area contributed by atoms with Gasteiger partial charge in [0.05, 0.1) is 17.7 Å². The topological polar surface area (TPSA) is 57.2 Å². The molecule has 106 valence electrons. The van der Waals surface area contributed by atoms with Crippen LogP contribution in [0.25, 0.3) is 5.57 Å². The summed E-state index contributed by atoms with van der Waals surface area (Å²) in [5.74, 6) is 0. The minimum atomic E-state index is -0.537. The number of allylic oxidation sites excluding steroid dienone is 2. The Balaban J connectivity index is 2.89. The van der Waals surface area contributed by atoms with Crippen LogP contribution in [0.1, 0.15) is 25.8 Å². The van der Waals surface area contributed by atoms with Crippen LogP contribution in [-0.2, 0) is 7.05 Å². The fraction of sp³-hybridized carbons (Fsp3) is 0.400. The van der Waals surface area contributed by atoms with Gasteiger partial charge in [0, 0.05) is 43.8 Å². The zero-order valence-electron chi connectivity index (χ0n) is 12.5. The predicted molar refractivity (Wildman–Crippen MR) is 81.6 cm³/mol. The first-order chi connectivity index (χ1) is 9.44. The molecular weight excluding hydrogens is 250 g/mol. The van der Waals surface area contributed by atoms with Crippen LogP contribution in [0.3, 0.4) is 0 Å². The number of nitrogens with zero attached hydrogens (tertiary/aromatic N) is 5. The molecule has 1 aromatic rings. The summed E-state index contributed by atoms with van der Waals surface area (Å²) in [7, 11) is 3.69. The number of nitriles is 1. The van der Waals surface area contributed by atoms with Crippen molar-refractivity contribution in [3.63, 3.8) is 0 Å². The summed E-state index contributed by atoms with van der Waals surface area (Å²) in [6, 6.07) is 2.26.